The van der Waals surface area contributed by atoms with Gasteiger partial charge in [-0.15, -0.1) is 6.58 Å². The molecule has 0 aliphatic rings. The molecule has 0 aliphatic carbocycles. The lowest BCUT2D eigenvalue weighted by molar-refractivity contribution is -0.129. The van der Waals surface area contributed by atoms with Gasteiger partial charge in [-0.2, -0.15) is 0 Å². The Morgan fingerprint density at radius 2 is 1.74 bits per heavy atom. The van der Waals surface area contributed by atoms with Crippen LogP contribution in [0.3, 0.4) is 0 Å². The summed E-state index contributed by atoms with van der Waals surface area (Å²) in [5.41, 5.74) is -0.448. The largest absolute Gasteiger partial charge is 0.391 e. The van der Waals surface area contributed by atoms with Crippen molar-refractivity contribution in [3.05, 3.63) is 12.7 Å². The molecule has 0 saturated carbocycles. The van der Waals surface area contributed by atoms with Crippen molar-refractivity contribution in [1.82, 2.24) is 0 Å². The molecule has 3 nitrogen and oxygen atoms in total. The normalized spacial score (nSPS) is 18.7. The van der Waals surface area contributed by atoms with Crippen molar-refractivity contribution < 1.29 is 14.6 Å². The predicted molar refractivity (Wildman–Crippen MR) is 80.3 cm³/mol. The van der Waals surface area contributed by atoms with Crippen LogP contribution in [0.2, 0.25) is 0 Å². The molecule has 0 aromatic carbocycles. The van der Waals surface area contributed by atoms with E-state index < -0.39 is 6.10 Å². The third-order valence-electron chi connectivity index (χ3n) is 3.76. The molecule has 3 heteroatoms. The molecule has 0 heterocycles. The second-order valence-corrected chi connectivity index (χ2v) is 6.29. The number of ether oxygens (including phenoxy) is 2. The molecule has 0 fully saturated rings. The van der Waals surface area contributed by atoms with Crippen molar-refractivity contribution in [1.29, 1.82) is 0 Å². The van der Waals surface area contributed by atoms with Gasteiger partial charge in [0.25, 0.3) is 0 Å². The number of rotatable bonds is 10. The van der Waals surface area contributed by atoms with E-state index in [1.54, 1.807) is 6.92 Å². The molecule has 19 heavy (non-hydrogen) atoms. The van der Waals surface area contributed by atoms with Crippen LogP contribution in [0.25, 0.3) is 0 Å². The van der Waals surface area contributed by atoms with Crippen LogP contribution in [0.15, 0.2) is 12.7 Å². The van der Waals surface area contributed by atoms with Crippen LogP contribution in [0.5, 0.6) is 0 Å². The minimum atomic E-state index is -0.434. The zero-order valence-electron chi connectivity index (χ0n) is 13.5. The van der Waals surface area contributed by atoms with Gasteiger partial charge in [0.1, 0.15) is 0 Å². The summed E-state index contributed by atoms with van der Waals surface area (Å²) in [4.78, 5) is 0. The molecule has 3 unspecified atom stereocenters. The molecule has 0 aromatic rings. The van der Waals surface area contributed by atoms with E-state index in [2.05, 4.69) is 41.2 Å². The smallest absolute Gasteiger partial charge is 0.0745 e. The number of hydrogen-bond acceptors (Lipinski definition) is 3. The van der Waals surface area contributed by atoms with E-state index >= 15 is 0 Å². The quantitative estimate of drug-likeness (QED) is 0.618. The second-order valence-electron chi connectivity index (χ2n) is 6.29. The Balaban J connectivity index is 4.41. The third-order valence-corrected chi connectivity index (χ3v) is 3.76. The Morgan fingerprint density at radius 3 is 2.16 bits per heavy atom. The van der Waals surface area contributed by atoms with Gasteiger partial charge in [-0.25, -0.2) is 0 Å². The lowest BCUT2D eigenvalue weighted by Crippen LogP contribution is -2.41. The summed E-state index contributed by atoms with van der Waals surface area (Å²) < 4.78 is 11.8. The van der Waals surface area contributed by atoms with Crippen molar-refractivity contribution in [3.63, 3.8) is 0 Å². The van der Waals surface area contributed by atoms with E-state index in [0.29, 0.717) is 13.2 Å². The first kappa shape index (κ1) is 18.6. The van der Waals surface area contributed by atoms with E-state index in [1.165, 1.54) is 0 Å². The highest BCUT2D eigenvalue weighted by atomic mass is 16.5. The molecular formula is C16H32O3. The molecule has 114 valence electrons. The van der Waals surface area contributed by atoms with Gasteiger partial charge in [-0.05, 0) is 40.5 Å². The van der Waals surface area contributed by atoms with Gasteiger partial charge in [0.15, 0.2) is 0 Å². The van der Waals surface area contributed by atoms with Crippen LogP contribution in [0.1, 0.15) is 54.4 Å². The van der Waals surface area contributed by atoms with Crippen molar-refractivity contribution in [2.75, 3.05) is 13.2 Å². The third kappa shape index (κ3) is 7.09. The highest BCUT2D eigenvalue weighted by Crippen LogP contribution is 2.28. The summed E-state index contributed by atoms with van der Waals surface area (Å²) in [6.07, 6.45) is 3.17. The van der Waals surface area contributed by atoms with Gasteiger partial charge in [-0.3, -0.25) is 0 Å². The number of aliphatic hydroxyl groups is 1. The fourth-order valence-electron chi connectivity index (χ4n) is 1.84. The summed E-state index contributed by atoms with van der Waals surface area (Å²) in [5.74, 6) is 0.264. The SMILES string of the molecule is C=CCC(C)(C)OCC(C)C(C)(CC)OCC(C)O. The van der Waals surface area contributed by atoms with Gasteiger partial charge >= 0.3 is 0 Å². The van der Waals surface area contributed by atoms with E-state index in [0.717, 1.165) is 12.8 Å². The van der Waals surface area contributed by atoms with Gasteiger partial charge < -0.3 is 14.6 Å². The van der Waals surface area contributed by atoms with Gasteiger partial charge in [0.05, 0.1) is 30.5 Å². The standard InChI is InChI=1S/C16H32O3/c1-8-10-15(5,6)18-11-13(3)16(7,9-2)19-12-14(4)17/h8,13-14,17H,1,9-12H2,2-7H3. The van der Waals surface area contributed by atoms with E-state index in [9.17, 15) is 5.11 Å². The van der Waals surface area contributed by atoms with Crippen molar-refractivity contribution >= 4 is 0 Å². The van der Waals surface area contributed by atoms with Crippen LogP contribution < -0.4 is 0 Å². The molecule has 1 N–H and O–H groups in total. The van der Waals surface area contributed by atoms with E-state index in [-0.39, 0.29) is 17.1 Å². The molecule has 3 atom stereocenters. The topological polar surface area (TPSA) is 38.7 Å². The van der Waals surface area contributed by atoms with Crippen LogP contribution in [-0.2, 0) is 9.47 Å². The molecule has 0 rings (SSSR count). The van der Waals surface area contributed by atoms with Crippen LogP contribution in [-0.4, -0.2) is 35.6 Å². The lowest BCUT2D eigenvalue weighted by Gasteiger charge is -2.37. The number of aliphatic hydroxyl groups excluding tert-OH is 1. The molecular weight excluding hydrogens is 240 g/mol. The maximum absolute atomic E-state index is 9.35. The molecule has 0 aliphatic heterocycles. The maximum atomic E-state index is 9.35. The minimum Gasteiger partial charge on any atom is -0.391 e. The lowest BCUT2D eigenvalue weighted by atomic mass is 9.88. The molecule has 0 spiro atoms. The van der Waals surface area contributed by atoms with Gasteiger partial charge in [-0.1, -0.05) is 19.9 Å². The average molecular weight is 272 g/mol. The number of hydrogen-bond donors (Lipinski definition) is 1. The van der Waals surface area contributed by atoms with Gasteiger partial charge in [0, 0.05) is 5.92 Å². The first-order valence-electron chi connectivity index (χ1n) is 7.23. The fraction of sp³-hybridized carbons (Fsp3) is 0.875. The van der Waals surface area contributed by atoms with Crippen LogP contribution >= 0.6 is 0 Å². The second kappa shape index (κ2) is 8.03. The summed E-state index contributed by atoms with van der Waals surface area (Å²) in [6.45, 7) is 17.0. The van der Waals surface area contributed by atoms with E-state index in [1.807, 2.05) is 6.08 Å². The Bertz CT molecular complexity index is 261. The van der Waals surface area contributed by atoms with Crippen molar-refractivity contribution in [2.45, 2.75) is 71.7 Å². The molecule has 0 saturated heterocycles. The predicted octanol–water partition coefficient (Wildman–Crippen LogP) is 3.56. The summed E-state index contributed by atoms with van der Waals surface area (Å²) >= 11 is 0. The first-order chi connectivity index (χ1) is 8.67. The van der Waals surface area contributed by atoms with Crippen LogP contribution in [0.4, 0.5) is 0 Å². The van der Waals surface area contributed by atoms with Crippen LogP contribution in [0, 0.1) is 5.92 Å². The Hall–Kier alpha value is -0.380. The molecule has 0 bridgehead atoms. The fourth-order valence-corrected chi connectivity index (χ4v) is 1.84. The zero-order valence-corrected chi connectivity index (χ0v) is 13.5. The molecule has 0 aromatic heterocycles. The minimum absolute atomic E-state index is 0.186. The summed E-state index contributed by atoms with van der Waals surface area (Å²) in [7, 11) is 0. The highest BCUT2D eigenvalue weighted by Gasteiger charge is 2.32. The Kier molecular flexibility index (Phi) is 7.87. The Morgan fingerprint density at radius 1 is 1.16 bits per heavy atom. The maximum Gasteiger partial charge on any atom is 0.0745 e. The zero-order chi connectivity index (χ0) is 15.1. The molecule has 0 radical (unpaired) electrons. The first-order valence-corrected chi connectivity index (χ1v) is 7.23. The molecule has 0 amide bonds. The average Bonchev–Trinajstić information content (AvgIpc) is 2.33. The van der Waals surface area contributed by atoms with Crippen molar-refractivity contribution in [3.8, 4) is 0 Å². The Labute approximate surface area is 119 Å². The van der Waals surface area contributed by atoms with Gasteiger partial charge in [0.2, 0.25) is 0 Å². The summed E-state index contributed by atoms with van der Waals surface area (Å²) in [6, 6.07) is 0. The summed E-state index contributed by atoms with van der Waals surface area (Å²) in [5, 5.41) is 9.35. The van der Waals surface area contributed by atoms with E-state index in [4.69, 9.17) is 9.47 Å². The highest BCUT2D eigenvalue weighted by molar-refractivity contribution is 4.84. The monoisotopic (exact) mass is 272 g/mol. The van der Waals surface area contributed by atoms with Crippen molar-refractivity contribution in [2.24, 2.45) is 5.92 Å².